The Morgan fingerprint density at radius 1 is 1.11 bits per heavy atom. The molecule has 0 aliphatic carbocycles. The first kappa shape index (κ1) is 18.3. The Hall–Kier alpha value is -3.07. The Balaban J connectivity index is 1.38. The molecule has 2 aliphatic heterocycles. The van der Waals surface area contributed by atoms with E-state index in [1.165, 1.54) is 9.41 Å². The molecule has 0 unspecified atom stereocenters. The number of hydrogen-bond donors (Lipinski definition) is 0. The number of piperazine rings is 1. The summed E-state index contributed by atoms with van der Waals surface area (Å²) in [5, 5.41) is 5.36. The fourth-order valence-corrected chi connectivity index (χ4v) is 3.53. The largest absolute Gasteiger partial charge is 0.335 e. The number of fused-ring (bicyclic) bond motifs is 1. The van der Waals surface area contributed by atoms with E-state index in [9.17, 15) is 14.4 Å². The van der Waals surface area contributed by atoms with Gasteiger partial charge in [0.05, 0.1) is 5.69 Å². The highest BCUT2D eigenvalue weighted by atomic mass is 16.2. The SMILES string of the molecule is CN1N=C(C(=O)N2CCN(Cc3cc(=O)n4ccccc4n3)CC2)CCC1=O. The summed E-state index contributed by atoms with van der Waals surface area (Å²) in [6.45, 7) is 3.14. The van der Waals surface area contributed by atoms with Crippen molar-refractivity contribution in [2.45, 2.75) is 19.4 Å². The Bertz CT molecular complexity index is 1010. The molecule has 146 valence electrons. The molecule has 0 bridgehead atoms. The summed E-state index contributed by atoms with van der Waals surface area (Å²) >= 11 is 0. The van der Waals surface area contributed by atoms with E-state index >= 15 is 0 Å². The van der Waals surface area contributed by atoms with Gasteiger partial charge < -0.3 is 4.90 Å². The van der Waals surface area contributed by atoms with Crippen molar-refractivity contribution in [2.24, 2.45) is 5.10 Å². The summed E-state index contributed by atoms with van der Waals surface area (Å²) in [4.78, 5) is 44.9. The Labute approximate surface area is 161 Å². The lowest BCUT2D eigenvalue weighted by atomic mass is 10.1. The molecule has 2 amide bonds. The van der Waals surface area contributed by atoms with Crippen molar-refractivity contribution in [2.75, 3.05) is 33.2 Å². The monoisotopic (exact) mass is 382 g/mol. The van der Waals surface area contributed by atoms with E-state index in [-0.39, 0.29) is 17.4 Å². The third-order valence-electron chi connectivity index (χ3n) is 5.12. The zero-order valence-corrected chi connectivity index (χ0v) is 15.7. The molecule has 28 heavy (non-hydrogen) atoms. The van der Waals surface area contributed by atoms with Gasteiger partial charge in [-0.15, -0.1) is 0 Å². The number of carbonyl (C=O) groups is 2. The van der Waals surface area contributed by atoms with Crippen LogP contribution in [0.4, 0.5) is 0 Å². The van der Waals surface area contributed by atoms with Crippen molar-refractivity contribution < 1.29 is 9.59 Å². The van der Waals surface area contributed by atoms with Gasteiger partial charge in [-0.1, -0.05) is 6.07 Å². The smallest absolute Gasteiger partial charge is 0.270 e. The Kier molecular flexibility index (Phi) is 4.91. The second kappa shape index (κ2) is 7.51. The molecule has 1 fully saturated rings. The van der Waals surface area contributed by atoms with Crippen LogP contribution >= 0.6 is 0 Å². The van der Waals surface area contributed by atoms with Gasteiger partial charge in [0.2, 0.25) is 5.91 Å². The lowest BCUT2D eigenvalue weighted by Gasteiger charge is -2.35. The molecule has 4 rings (SSSR count). The van der Waals surface area contributed by atoms with Crippen molar-refractivity contribution in [3.63, 3.8) is 0 Å². The molecule has 1 saturated heterocycles. The van der Waals surface area contributed by atoms with Crippen LogP contribution in [0.5, 0.6) is 0 Å². The molecule has 0 N–H and O–H groups in total. The minimum absolute atomic E-state index is 0.0693. The van der Waals surface area contributed by atoms with Crippen LogP contribution in [0.1, 0.15) is 18.5 Å². The molecule has 2 aliphatic rings. The standard InChI is InChI=1S/C19H22N6O3/c1-22-17(26)6-5-15(21-22)19(28)24-10-8-23(9-11-24)13-14-12-18(27)25-7-3-2-4-16(25)20-14/h2-4,7,12H,5-6,8-11,13H2,1H3. The average molecular weight is 382 g/mol. The van der Waals surface area contributed by atoms with Crippen LogP contribution in [0.25, 0.3) is 5.65 Å². The van der Waals surface area contributed by atoms with Crippen molar-refractivity contribution in [1.82, 2.24) is 24.2 Å². The molecule has 0 spiro atoms. The maximum absolute atomic E-state index is 12.6. The molecule has 2 aromatic heterocycles. The van der Waals surface area contributed by atoms with E-state index in [0.717, 1.165) is 5.69 Å². The summed E-state index contributed by atoms with van der Waals surface area (Å²) < 4.78 is 1.52. The number of nitrogens with zero attached hydrogens (tertiary/aromatic N) is 6. The number of rotatable bonds is 3. The maximum Gasteiger partial charge on any atom is 0.270 e. The number of amides is 2. The topological polar surface area (TPSA) is 90.6 Å². The Morgan fingerprint density at radius 3 is 2.64 bits per heavy atom. The van der Waals surface area contributed by atoms with Crippen LogP contribution in [0.3, 0.4) is 0 Å². The van der Waals surface area contributed by atoms with Gasteiger partial charge in [-0.2, -0.15) is 5.10 Å². The number of hydrazone groups is 1. The quantitative estimate of drug-likeness (QED) is 0.742. The zero-order chi connectivity index (χ0) is 19.7. The fraction of sp³-hybridized carbons (Fsp3) is 0.421. The van der Waals surface area contributed by atoms with Crippen LogP contribution in [0, 0.1) is 0 Å². The number of carbonyl (C=O) groups excluding carboxylic acids is 2. The molecule has 0 radical (unpaired) electrons. The summed E-state index contributed by atoms with van der Waals surface area (Å²) in [5.74, 6) is -0.166. The Morgan fingerprint density at radius 2 is 1.89 bits per heavy atom. The molecule has 0 aromatic carbocycles. The molecular weight excluding hydrogens is 360 g/mol. The number of hydrogen-bond acceptors (Lipinski definition) is 6. The number of pyridine rings is 1. The van der Waals surface area contributed by atoms with E-state index in [1.807, 2.05) is 12.1 Å². The molecular formula is C19H22N6O3. The lowest BCUT2D eigenvalue weighted by Crippen LogP contribution is -2.51. The fourth-order valence-electron chi connectivity index (χ4n) is 3.53. The van der Waals surface area contributed by atoms with Gasteiger partial charge in [0.25, 0.3) is 11.5 Å². The molecule has 0 atom stereocenters. The van der Waals surface area contributed by atoms with Crippen LogP contribution in [-0.4, -0.2) is 74.9 Å². The highest BCUT2D eigenvalue weighted by molar-refractivity contribution is 6.39. The first-order valence-corrected chi connectivity index (χ1v) is 9.34. The normalized spacial score (nSPS) is 18.5. The van der Waals surface area contributed by atoms with Gasteiger partial charge in [0.1, 0.15) is 11.4 Å². The first-order chi connectivity index (χ1) is 13.5. The van der Waals surface area contributed by atoms with E-state index in [1.54, 1.807) is 30.3 Å². The second-order valence-corrected chi connectivity index (χ2v) is 7.05. The predicted molar refractivity (Wildman–Crippen MR) is 103 cm³/mol. The van der Waals surface area contributed by atoms with E-state index in [4.69, 9.17) is 0 Å². The highest BCUT2D eigenvalue weighted by Gasteiger charge is 2.28. The summed E-state index contributed by atoms with van der Waals surface area (Å²) in [6.07, 6.45) is 2.43. The molecule has 9 nitrogen and oxygen atoms in total. The minimum atomic E-state index is -0.0962. The summed E-state index contributed by atoms with van der Waals surface area (Å²) in [5.41, 5.74) is 1.71. The summed E-state index contributed by atoms with van der Waals surface area (Å²) in [6, 6.07) is 7.04. The maximum atomic E-state index is 12.6. The van der Waals surface area contributed by atoms with Crippen LogP contribution in [0.2, 0.25) is 0 Å². The van der Waals surface area contributed by atoms with E-state index in [2.05, 4.69) is 15.0 Å². The van der Waals surface area contributed by atoms with Gasteiger partial charge in [-0.25, -0.2) is 9.99 Å². The minimum Gasteiger partial charge on any atom is -0.335 e. The van der Waals surface area contributed by atoms with Crippen molar-refractivity contribution in [1.29, 1.82) is 0 Å². The summed E-state index contributed by atoms with van der Waals surface area (Å²) in [7, 11) is 1.58. The van der Waals surface area contributed by atoms with E-state index < -0.39 is 0 Å². The van der Waals surface area contributed by atoms with Gasteiger partial charge in [-0.05, 0) is 12.1 Å². The van der Waals surface area contributed by atoms with Crippen LogP contribution < -0.4 is 5.56 Å². The molecule has 2 aromatic rings. The zero-order valence-electron chi connectivity index (χ0n) is 15.7. The van der Waals surface area contributed by atoms with Crippen molar-refractivity contribution in [3.05, 3.63) is 46.5 Å². The third kappa shape index (κ3) is 3.65. The van der Waals surface area contributed by atoms with Gasteiger partial charge in [0.15, 0.2) is 0 Å². The lowest BCUT2D eigenvalue weighted by molar-refractivity contribution is -0.131. The van der Waals surface area contributed by atoms with E-state index in [0.29, 0.717) is 56.9 Å². The predicted octanol–water partition coefficient (Wildman–Crippen LogP) is -0.0531. The highest BCUT2D eigenvalue weighted by Crippen LogP contribution is 2.12. The van der Waals surface area contributed by atoms with Crippen molar-refractivity contribution >= 4 is 23.2 Å². The average Bonchev–Trinajstić information content (AvgIpc) is 2.70. The van der Waals surface area contributed by atoms with Gasteiger partial charge in [0, 0.05) is 64.9 Å². The van der Waals surface area contributed by atoms with Crippen LogP contribution in [-0.2, 0) is 16.1 Å². The second-order valence-electron chi connectivity index (χ2n) is 7.05. The molecule has 9 heteroatoms. The third-order valence-corrected chi connectivity index (χ3v) is 5.12. The van der Waals surface area contributed by atoms with Crippen molar-refractivity contribution in [3.8, 4) is 0 Å². The van der Waals surface area contributed by atoms with Gasteiger partial charge in [-0.3, -0.25) is 23.7 Å². The molecule has 0 saturated carbocycles. The first-order valence-electron chi connectivity index (χ1n) is 9.34. The van der Waals surface area contributed by atoms with Gasteiger partial charge >= 0.3 is 0 Å². The van der Waals surface area contributed by atoms with Crippen LogP contribution in [0.15, 0.2) is 40.4 Å². The number of aromatic nitrogens is 2. The molecule has 4 heterocycles.